The van der Waals surface area contributed by atoms with E-state index < -0.39 is 9.84 Å². The van der Waals surface area contributed by atoms with Crippen molar-refractivity contribution in [2.45, 2.75) is 39.2 Å². The summed E-state index contributed by atoms with van der Waals surface area (Å²) in [6, 6.07) is 15.8. The minimum absolute atomic E-state index is 0.117. The third-order valence-corrected chi connectivity index (χ3v) is 7.56. The summed E-state index contributed by atoms with van der Waals surface area (Å²) < 4.78 is 25.2. The van der Waals surface area contributed by atoms with Crippen molar-refractivity contribution in [1.29, 1.82) is 0 Å². The average molecular weight is 438 g/mol. The molecule has 7 heteroatoms. The quantitative estimate of drug-likeness (QED) is 0.660. The van der Waals surface area contributed by atoms with Gasteiger partial charge in [-0.3, -0.25) is 4.79 Å². The lowest BCUT2D eigenvalue weighted by atomic mass is 10.0. The molecule has 0 spiro atoms. The SMILES string of the molecule is CCc1ccc(-c2nn(-c3ccccc3C)cc2C(=O)NC2CCS(=O)(=O)CC2)cc1. The van der Waals surface area contributed by atoms with Crippen molar-refractivity contribution in [3.8, 4) is 16.9 Å². The summed E-state index contributed by atoms with van der Waals surface area (Å²) >= 11 is 0. The minimum atomic E-state index is -2.98. The van der Waals surface area contributed by atoms with E-state index in [4.69, 9.17) is 5.10 Å². The van der Waals surface area contributed by atoms with Crippen LogP contribution in [0.1, 0.15) is 41.3 Å². The largest absolute Gasteiger partial charge is 0.349 e. The molecule has 1 fully saturated rings. The maximum Gasteiger partial charge on any atom is 0.255 e. The second-order valence-corrected chi connectivity index (χ2v) is 10.4. The molecule has 0 bridgehead atoms. The number of aryl methyl sites for hydroxylation is 2. The van der Waals surface area contributed by atoms with Crippen LogP contribution in [0.25, 0.3) is 16.9 Å². The van der Waals surface area contributed by atoms with E-state index in [9.17, 15) is 13.2 Å². The molecule has 1 amide bonds. The second-order valence-electron chi connectivity index (χ2n) is 8.07. The van der Waals surface area contributed by atoms with Gasteiger partial charge < -0.3 is 5.32 Å². The zero-order valence-electron chi connectivity index (χ0n) is 17.8. The molecule has 1 N–H and O–H groups in total. The molecule has 1 aliphatic rings. The number of para-hydroxylation sites is 1. The Labute approximate surface area is 183 Å². The Morgan fingerprint density at radius 1 is 1.10 bits per heavy atom. The number of amides is 1. The van der Waals surface area contributed by atoms with Crippen LogP contribution in [0, 0.1) is 6.92 Å². The van der Waals surface area contributed by atoms with Crippen molar-refractivity contribution in [2.24, 2.45) is 0 Å². The molecule has 0 aliphatic carbocycles. The number of carbonyl (C=O) groups excluding carboxylic acids is 1. The van der Waals surface area contributed by atoms with Gasteiger partial charge in [0.2, 0.25) is 0 Å². The monoisotopic (exact) mass is 437 g/mol. The number of benzene rings is 2. The van der Waals surface area contributed by atoms with E-state index in [0.29, 0.717) is 24.1 Å². The van der Waals surface area contributed by atoms with Crippen molar-refractivity contribution >= 4 is 15.7 Å². The summed E-state index contributed by atoms with van der Waals surface area (Å²) in [6.07, 6.45) is 3.59. The van der Waals surface area contributed by atoms with Crippen molar-refractivity contribution in [2.75, 3.05) is 11.5 Å². The van der Waals surface area contributed by atoms with Crippen molar-refractivity contribution < 1.29 is 13.2 Å². The summed E-state index contributed by atoms with van der Waals surface area (Å²) in [6.45, 7) is 4.11. The van der Waals surface area contributed by atoms with Crippen LogP contribution in [-0.2, 0) is 16.3 Å². The molecule has 0 saturated carbocycles. The average Bonchev–Trinajstić information content (AvgIpc) is 3.21. The van der Waals surface area contributed by atoms with E-state index in [1.165, 1.54) is 5.56 Å². The molecule has 4 rings (SSSR count). The van der Waals surface area contributed by atoms with Crippen LogP contribution in [0.3, 0.4) is 0 Å². The van der Waals surface area contributed by atoms with Crippen LogP contribution >= 0.6 is 0 Å². The molecule has 2 aromatic carbocycles. The standard InChI is InChI=1S/C24H27N3O3S/c1-3-18-8-10-19(11-9-18)23-21(16-27(26-23)22-7-5-4-6-17(22)2)24(28)25-20-12-14-31(29,30)15-13-20/h4-11,16,20H,3,12-15H2,1-2H3,(H,25,28). The fourth-order valence-corrected chi connectivity index (χ4v) is 5.38. The third kappa shape index (κ3) is 4.71. The zero-order valence-corrected chi connectivity index (χ0v) is 18.7. The van der Waals surface area contributed by atoms with Crippen LogP contribution in [0.15, 0.2) is 54.7 Å². The van der Waals surface area contributed by atoms with Gasteiger partial charge >= 0.3 is 0 Å². The van der Waals surface area contributed by atoms with Crippen LogP contribution in [0.2, 0.25) is 0 Å². The molecular weight excluding hydrogens is 410 g/mol. The number of aromatic nitrogens is 2. The minimum Gasteiger partial charge on any atom is -0.349 e. The number of hydrogen-bond acceptors (Lipinski definition) is 4. The summed E-state index contributed by atoms with van der Waals surface area (Å²) in [5, 5.41) is 7.79. The number of nitrogens with one attached hydrogen (secondary N) is 1. The van der Waals surface area contributed by atoms with E-state index >= 15 is 0 Å². The molecule has 1 aromatic heterocycles. The van der Waals surface area contributed by atoms with Gasteiger partial charge in [0, 0.05) is 17.8 Å². The number of carbonyl (C=O) groups is 1. The highest BCUT2D eigenvalue weighted by Crippen LogP contribution is 2.26. The first kappa shape index (κ1) is 21.3. The van der Waals surface area contributed by atoms with Gasteiger partial charge in [-0.25, -0.2) is 13.1 Å². The lowest BCUT2D eigenvalue weighted by Crippen LogP contribution is -2.40. The van der Waals surface area contributed by atoms with Crippen molar-refractivity contribution in [3.05, 3.63) is 71.4 Å². The molecule has 6 nitrogen and oxygen atoms in total. The maximum absolute atomic E-state index is 13.2. The highest BCUT2D eigenvalue weighted by atomic mass is 32.2. The smallest absolute Gasteiger partial charge is 0.255 e. The fraction of sp³-hybridized carbons (Fsp3) is 0.333. The van der Waals surface area contributed by atoms with E-state index in [1.807, 2.05) is 43.3 Å². The summed E-state index contributed by atoms with van der Waals surface area (Å²) in [5.41, 5.74) is 5.17. The predicted molar refractivity (Wildman–Crippen MR) is 122 cm³/mol. The van der Waals surface area contributed by atoms with Gasteiger partial charge in [0.15, 0.2) is 0 Å². The van der Waals surface area contributed by atoms with Gasteiger partial charge in [-0.15, -0.1) is 0 Å². The van der Waals surface area contributed by atoms with E-state index in [1.54, 1.807) is 10.9 Å². The number of sulfone groups is 1. The van der Waals surface area contributed by atoms with Crippen LogP contribution in [-0.4, -0.2) is 41.7 Å². The van der Waals surface area contributed by atoms with Crippen LogP contribution in [0.5, 0.6) is 0 Å². The topological polar surface area (TPSA) is 81.1 Å². The fourth-order valence-electron chi connectivity index (χ4n) is 3.89. The molecule has 162 valence electrons. The van der Waals surface area contributed by atoms with Gasteiger partial charge in [0.25, 0.3) is 5.91 Å². The molecular formula is C24H27N3O3S. The molecule has 2 heterocycles. The van der Waals surface area contributed by atoms with Gasteiger partial charge in [0.1, 0.15) is 15.5 Å². The Bertz CT molecular complexity index is 1180. The normalized spacial score (nSPS) is 16.2. The van der Waals surface area contributed by atoms with Gasteiger partial charge in [-0.2, -0.15) is 5.10 Å². The highest BCUT2D eigenvalue weighted by Gasteiger charge is 2.27. The molecule has 3 aromatic rings. The molecule has 0 unspecified atom stereocenters. The zero-order chi connectivity index (χ0) is 22.0. The van der Waals surface area contributed by atoms with Crippen LogP contribution in [0.4, 0.5) is 0 Å². The predicted octanol–water partition coefficient (Wildman–Crippen LogP) is 3.72. The molecule has 0 radical (unpaired) electrons. The highest BCUT2D eigenvalue weighted by molar-refractivity contribution is 7.91. The van der Waals surface area contributed by atoms with Gasteiger partial charge in [-0.05, 0) is 43.4 Å². The first-order valence-electron chi connectivity index (χ1n) is 10.6. The first-order chi connectivity index (χ1) is 14.9. The van der Waals surface area contributed by atoms with Crippen molar-refractivity contribution in [1.82, 2.24) is 15.1 Å². The van der Waals surface area contributed by atoms with Crippen LogP contribution < -0.4 is 5.32 Å². The second kappa shape index (κ2) is 8.67. The number of hydrogen-bond donors (Lipinski definition) is 1. The molecule has 1 saturated heterocycles. The van der Waals surface area contributed by atoms with E-state index in [2.05, 4.69) is 24.4 Å². The summed E-state index contributed by atoms with van der Waals surface area (Å²) in [4.78, 5) is 13.2. The van der Waals surface area contributed by atoms with Gasteiger partial charge in [-0.1, -0.05) is 49.4 Å². The molecule has 1 aliphatic heterocycles. The lowest BCUT2D eigenvalue weighted by molar-refractivity contribution is 0.0935. The number of rotatable bonds is 5. The first-order valence-corrected chi connectivity index (χ1v) is 12.4. The van der Waals surface area contributed by atoms with Gasteiger partial charge in [0.05, 0.1) is 22.8 Å². The third-order valence-electron chi connectivity index (χ3n) is 5.85. The number of nitrogens with zero attached hydrogens (tertiary/aromatic N) is 2. The molecule has 31 heavy (non-hydrogen) atoms. The Balaban J connectivity index is 1.69. The molecule has 0 atom stereocenters. The van der Waals surface area contributed by atoms with E-state index in [0.717, 1.165) is 23.2 Å². The lowest BCUT2D eigenvalue weighted by Gasteiger charge is -2.22. The van der Waals surface area contributed by atoms with E-state index in [-0.39, 0.29) is 23.5 Å². The Morgan fingerprint density at radius 2 is 1.77 bits per heavy atom. The maximum atomic E-state index is 13.2. The van der Waals surface area contributed by atoms with Crippen molar-refractivity contribution in [3.63, 3.8) is 0 Å². The summed E-state index contributed by atoms with van der Waals surface area (Å²) in [5.74, 6) is 0.0102. The summed E-state index contributed by atoms with van der Waals surface area (Å²) in [7, 11) is -2.98. The Hall–Kier alpha value is -2.93. The Kier molecular flexibility index (Phi) is 5.96. The Morgan fingerprint density at radius 3 is 2.42 bits per heavy atom.